The Morgan fingerprint density at radius 1 is 1.12 bits per heavy atom. The lowest BCUT2D eigenvalue weighted by atomic mass is 10.1. The van der Waals surface area contributed by atoms with Gasteiger partial charge in [-0.25, -0.2) is 4.79 Å². The van der Waals surface area contributed by atoms with Gasteiger partial charge in [0.1, 0.15) is 12.6 Å². The van der Waals surface area contributed by atoms with Gasteiger partial charge >= 0.3 is 5.97 Å². The third kappa shape index (κ3) is 7.09. The average Bonchev–Trinajstić information content (AvgIpc) is 2.52. The van der Waals surface area contributed by atoms with E-state index in [9.17, 15) is 14.4 Å². The molecule has 1 atom stereocenters. The Morgan fingerprint density at radius 2 is 1.75 bits per heavy atom. The lowest BCUT2D eigenvalue weighted by Gasteiger charge is -2.18. The molecule has 0 fully saturated rings. The Morgan fingerprint density at radius 3 is 2.29 bits per heavy atom. The summed E-state index contributed by atoms with van der Waals surface area (Å²) >= 11 is 0. The van der Waals surface area contributed by atoms with E-state index in [0.717, 1.165) is 5.56 Å². The number of benzene rings is 1. The lowest BCUT2D eigenvalue weighted by Crippen LogP contribution is -2.46. The fourth-order valence-electron chi connectivity index (χ4n) is 1.87. The average molecular weight is 332 g/mol. The van der Waals surface area contributed by atoms with Gasteiger partial charge in [0, 0.05) is 11.6 Å². The zero-order valence-corrected chi connectivity index (χ0v) is 14.3. The van der Waals surface area contributed by atoms with E-state index in [4.69, 9.17) is 4.74 Å². The van der Waals surface area contributed by atoms with Crippen LogP contribution >= 0.6 is 0 Å². The van der Waals surface area contributed by atoms with E-state index in [-0.39, 0.29) is 30.5 Å². The van der Waals surface area contributed by atoms with Gasteiger partial charge in [-0.15, -0.1) is 0 Å². The molecule has 24 heavy (non-hydrogen) atoms. The molecule has 1 aromatic carbocycles. The van der Waals surface area contributed by atoms with Gasteiger partial charge in [0.15, 0.2) is 0 Å². The Bertz CT molecular complexity index is 596. The van der Waals surface area contributed by atoms with Crippen molar-refractivity contribution in [1.29, 1.82) is 0 Å². The SMILES string of the molecule is C=C(C)C(=O)N[C@@H](CC(=O)NC(C)C)C(=O)OCc1ccccc1. The van der Waals surface area contributed by atoms with Gasteiger partial charge in [0.25, 0.3) is 0 Å². The van der Waals surface area contributed by atoms with E-state index >= 15 is 0 Å². The van der Waals surface area contributed by atoms with E-state index in [2.05, 4.69) is 17.2 Å². The normalized spacial score (nSPS) is 11.5. The Kier molecular flexibility index (Phi) is 7.68. The molecule has 0 saturated carbocycles. The van der Waals surface area contributed by atoms with Crippen LogP contribution in [0.2, 0.25) is 0 Å². The van der Waals surface area contributed by atoms with Crippen molar-refractivity contribution in [3.8, 4) is 0 Å². The van der Waals surface area contributed by atoms with Crippen LogP contribution in [0.5, 0.6) is 0 Å². The van der Waals surface area contributed by atoms with Crippen molar-refractivity contribution in [1.82, 2.24) is 10.6 Å². The number of amides is 2. The number of carbonyl (C=O) groups excluding carboxylic acids is 3. The maximum absolute atomic E-state index is 12.2. The molecule has 1 rings (SSSR count). The first-order valence-corrected chi connectivity index (χ1v) is 7.76. The van der Waals surface area contributed by atoms with Crippen LogP contribution in [-0.2, 0) is 25.7 Å². The molecule has 1 aromatic rings. The Labute approximate surface area is 142 Å². The molecule has 0 aliphatic rings. The van der Waals surface area contributed by atoms with Crippen molar-refractivity contribution in [2.45, 2.75) is 45.9 Å². The van der Waals surface area contributed by atoms with Crippen LogP contribution in [0.4, 0.5) is 0 Å². The summed E-state index contributed by atoms with van der Waals surface area (Å²) < 4.78 is 5.21. The van der Waals surface area contributed by atoms with Gasteiger partial charge < -0.3 is 15.4 Å². The van der Waals surface area contributed by atoms with Crippen molar-refractivity contribution in [3.05, 3.63) is 48.0 Å². The number of ether oxygens (including phenoxy) is 1. The van der Waals surface area contributed by atoms with E-state index in [1.54, 1.807) is 0 Å². The molecule has 6 heteroatoms. The van der Waals surface area contributed by atoms with Gasteiger partial charge in [-0.1, -0.05) is 36.9 Å². The predicted molar refractivity (Wildman–Crippen MR) is 90.9 cm³/mol. The molecule has 0 radical (unpaired) electrons. The lowest BCUT2D eigenvalue weighted by molar-refractivity contribution is -0.150. The number of esters is 1. The summed E-state index contributed by atoms with van der Waals surface area (Å²) in [6.45, 7) is 8.75. The summed E-state index contributed by atoms with van der Waals surface area (Å²) in [5.41, 5.74) is 1.07. The van der Waals surface area contributed by atoms with Crippen LogP contribution in [-0.4, -0.2) is 29.9 Å². The minimum Gasteiger partial charge on any atom is -0.459 e. The minimum atomic E-state index is -1.06. The smallest absolute Gasteiger partial charge is 0.329 e. The standard InChI is InChI=1S/C18H24N2O4/c1-12(2)17(22)20-15(10-16(21)19-13(3)4)18(23)24-11-14-8-6-5-7-9-14/h5-9,13,15H,1,10-11H2,2-4H3,(H,19,21)(H,20,22)/t15-/m0/s1. The molecule has 0 bridgehead atoms. The van der Waals surface area contributed by atoms with Crippen LogP contribution in [0.25, 0.3) is 0 Å². The molecule has 2 N–H and O–H groups in total. The summed E-state index contributed by atoms with van der Waals surface area (Å²) in [6, 6.07) is 8.05. The van der Waals surface area contributed by atoms with Crippen LogP contribution in [0.3, 0.4) is 0 Å². The second-order valence-corrected chi connectivity index (χ2v) is 5.83. The first-order chi connectivity index (χ1) is 11.3. The zero-order chi connectivity index (χ0) is 18.1. The van der Waals surface area contributed by atoms with Crippen LogP contribution < -0.4 is 10.6 Å². The third-order valence-corrected chi connectivity index (χ3v) is 3.04. The molecular weight excluding hydrogens is 308 g/mol. The maximum Gasteiger partial charge on any atom is 0.329 e. The van der Waals surface area contributed by atoms with E-state index in [0.29, 0.717) is 0 Å². The third-order valence-electron chi connectivity index (χ3n) is 3.04. The van der Waals surface area contributed by atoms with Gasteiger partial charge in [0.2, 0.25) is 11.8 Å². The second kappa shape index (κ2) is 9.50. The zero-order valence-electron chi connectivity index (χ0n) is 14.3. The van der Waals surface area contributed by atoms with Gasteiger partial charge in [0.05, 0.1) is 6.42 Å². The van der Waals surface area contributed by atoms with E-state index in [1.807, 2.05) is 44.2 Å². The number of carbonyl (C=O) groups is 3. The molecule has 6 nitrogen and oxygen atoms in total. The molecule has 130 valence electrons. The topological polar surface area (TPSA) is 84.5 Å². The fourth-order valence-corrected chi connectivity index (χ4v) is 1.87. The summed E-state index contributed by atoms with van der Waals surface area (Å²) in [5.74, 6) is -1.49. The number of nitrogens with one attached hydrogen (secondary N) is 2. The van der Waals surface area contributed by atoms with Crippen LogP contribution in [0.15, 0.2) is 42.5 Å². The summed E-state index contributed by atoms with van der Waals surface area (Å²) in [5, 5.41) is 5.17. The summed E-state index contributed by atoms with van der Waals surface area (Å²) in [6.07, 6.45) is -0.190. The molecule has 0 aliphatic heterocycles. The quantitative estimate of drug-likeness (QED) is 0.561. The van der Waals surface area contributed by atoms with Crippen molar-refractivity contribution < 1.29 is 19.1 Å². The molecule has 0 aromatic heterocycles. The molecule has 0 heterocycles. The predicted octanol–water partition coefficient (Wildman–Crippen LogP) is 1.71. The fraction of sp³-hybridized carbons (Fsp3) is 0.389. The number of hydrogen-bond donors (Lipinski definition) is 2. The van der Waals surface area contributed by atoms with Gasteiger partial charge in [-0.3, -0.25) is 9.59 Å². The van der Waals surface area contributed by atoms with Crippen molar-refractivity contribution in [3.63, 3.8) is 0 Å². The Hall–Kier alpha value is -2.63. The highest BCUT2D eigenvalue weighted by atomic mass is 16.5. The summed E-state index contributed by atoms with van der Waals surface area (Å²) in [4.78, 5) is 35.9. The molecule has 2 amide bonds. The largest absolute Gasteiger partial charge is 0.459 e. The second-order valence-electron chi connectivity index (χ2n) is 5.83. The van der Waals surface area contributed by atoms with Crippen molar-refractivity contribution in [2.75, 3.05) is 0 Å². The molecule has 0 saturated heterocycles. The van der Waals surface area contributed by atoms with Gasteiger partial charge in [-0.2, -0.15) is 0 Å². The highest BCUT2D eigenvalue weighted by Crippen LogP contribution is 2.05. The first-order valence-electron chi connectivity index (χ1n) is 7.76. The number of hydrogen-bond acceptors (Lipinski definition) is 4. The van der Waals surface area contributed by atoms with E-state index in [1.165, 1.54) is 6.92 Å². The van der Waals surface area contributed by atoms with Crippen molar-refractivity contribution >= 4 is 17.8 Å². The van der Waals surface area contributed by atoms with Crippen LogP contribution in [0, 0.1) is 0 Å². The molecule has 0 unspecified atom stereocenters. The molecule has 0 aliphatic carbocycles. The maximum atomic E-state index is 12.2. The minimum absolute atomic E-state index is 0.0599. The summed E-state index contributed by atoms with van der Waals surface area (Å²) in [7, 11) is 0. The van der Waals surface area contributed by atoms with E-state index < -0.39 is 17.9 Å². The highest BCUT2D eigenvalue weighted by Gasteiger charge is 2.25. The van der Waals surface area contributed by atoms with Crippen molar-refractivity contribution in [2.24, 2.45) is 0 Å². The number of rotatable bonds is 8. The molecule has 0 spiro atoms. The highest BCUT2D eigenvalue weighted by molar-refractivity contribution is 5.96. The van der Waals surface area contributed by atoms with Crippen LogP contribution in [0.1, 0.15) is 32.8 Å². The Balaban J connectivity index is 2.71. The monoisotopic (exact) mass is 332 g/mol. The van der Waals surface area contributed by atoms with Gasteiger partial charge in [-0.05, 0) is 26.3 Å². The first kappa shape index (κ1) is 19.4. The molecular formula is C18H24N2O4.